The molecule has 0 radical (unpaired) electrons. The average molecular weight is 1100 g/mol. The van der Waals surface area contributed by atoms with Crippen molar-refractivity contribution >= 4 is 11.9 Å². The molecule has 0 aromatic carbocycles. The van der Waals surface area contributed by atoms with Gasteiger partial charge < -0.3 is 104 Å². The molecule has 23 nitrogen and oxygen atoms in total. The van der Waals surface area contributed by atoms with E-state index in [1.165, 1.54) is 12.5 Å². The maximum absolute atomic E-state index is 14.8. The van der Waals surface area contributed by atoms with Crippen molar-refractivity contribution in [2.24, 2.45) is 50.2 Å². The predicted octanol–water partition coefficient (Wildman–Crippen LogP) is -0.915. The lowest BCUT2D eigenvalue weighted by Gasteiger charge is -2.71. The number of hydrogen-bond donors (Lipinski definition) is 13. The van der Waals surface area contributed by atoms with Gasteiger partial charge in [-0.25, -0.2) is 4.79 Å². The molecule has 13 N–H and O–H groups in total. The third kappa shape index (κ3) is 9.66. The maximum atomic E-state index is 14.8. The molecule has 9 rings (SSSR count). The van der Waals surface area contributed by atoms with Crippen molar-refractivity contribution in [2.75, 3.05) is 13.2 Å². The Morgan fingerprint density at radius 3 is 1.79 bits per heavy atom. The summed E-state index contributed by atoms with van der Waals surface area (Å²) in [4.78, 5) is 27.5. The normalized spacial score (nSPS) is 53.4. The number of carbonyl (C=O) groups is 2. The van der Waals surface area contributed by atoms with Gasteiger partial charge in [0.05, 0.1) is 30.8 Å². The van der Waals surface area contributed by atoms with Crippen molar-refractivity contribution in [1.82, 2.24) is 0 Å². The Labute approximate surface area is 448 Å². The largest absolute Gasteiger partial charge is 0.479 e. The first kappa shape index (κ1) is 59.5. The Morgan fingerprint density at radius 2 is 1.17 bits per heavy atom. The molecule has 0 spiro atoms. The van der Waals surface area contributed by atoms with E-state index in [0.717, 1.165) is 32.1 Å². The number of rotatable bonds is 11. The van der Waals surface area contributed by atoms with Crippen molar-refractivity contribution in [1.29, 1.82) is 0 Å². The van der Waals surface area contributed by atoms with Gasteiger partial charge in [0.15, 0.2) is 25.0 Å². The zero-order valence-electron chi connectivity index (χ0n) is 45.3. The number of carbonyl (C=O) groups excluding carboxylic acids is 1. The number of aliphatic carboxylic acids is 1. The van der Waals surface area contributed by atoms with E-state index < -0.39 is 165 Å². The molecule has 77 heavy (non-hydrogen) atoms. The highest BCUT2D eigenvalue weighted by Crippen LogP contribution is 2.76. The molecule has 4 heterocycles. The number of esters is 1. The van der Waals surface area contributed by atoms with E-state index in [1.807, 2.05) is 0 Å². The number of ether oxygens (including phenoxy) is 8. The van der Waals surface area contributed by atoms with Crippen LogP contribution in [0.4, 0.5) is 0 Å². The summed E-state index contributed by atoms with van der Waals surface area (Å²) >= 11 is 0. The quantitative estimate of drug-likeness (QED) is 0.0676. The molecule has 5 aliphatic carbocycles. The smallest absolute Gasteiger partial charge is 0.335 e. The topological polar surface area (TPSA) is 371 Å². The van der Waals surface area contributed by atoms with Gasteiger partial charge in [-0.3, -0.25) is 4.79 Å². The van der Waals surface area contributed by atoms with Crippen LogP contribution in [0.5, 0.6) is 0 Å². The summed E-state index contributed by atoms with van der Waals surface area (Å²) in [7, 11) is 0. The second kappa shape index (κ2) is 21.3. The van der Waals surface area contributed by atoms with Crippen LogP contribution in [0, 0.1) is 50.2 Å². The van der Waals surface area contributed by atoms with E-state index in [0.29, 0.717) is 32.1 Å². The lowest BCUT2D eigenvalue weighted by molar-refractivity contribution is -0.388. The summed E-state index contributed by atoms with van der Waals surface area (Å²) in [5.41, 5.74) is -1.23. The van der Waals surface area contributed by atoms with Gasteiger partial charge in [0.1, 0.15) is 85.5 Å². The van der Waals surface area contributed by atoms with Gasteiger partial charge in [-0.05, 0) is 116 Å². The third-order valence-corrected chi connectivity index (χ3v) is 21.4. The summed E-state index contributed by atoms with van der Waals surface area (Å²) in [6.45, 7) is 15.7. The van der Waals surface area contributed by atoms with Crippen LogP contribution in [0.3, 0.4) is 0 Å². The molecule has 4 saturated carbocycles. The third-order valence-electron chi connectivity index (χ3n) is 21.4. The van der Waals surface area contributed by atoms with Crippen LogP contribution in [0.1, 0.15) is 120 Å². The number of aliphatic hydroxyl groups is 12. The first-order chi connectivity index (χ1) is 35.9. The second-order valence-corrected chi connectivity index (χ2v) is 26.3. The van der Waals surface area contributed by atoms with Crippen molar-refractivity contribution in [3.8, 4) is 0 Å². The molecule has 440 valence electrons. The highest BCUT2D eigenvalue weighted by atomic mass is 16.8. The highest BCUT2D eigenvalue weighted by molar-refractivity contribution is 5.79. The Morgan fingerprint density at radius 1 is 0.584 bits per heavy atom. The number of allylic oxidation sites excluding steroid dienone is 2. The van der Waals surface area contributed by atoms with E-state index in [-0.39, 0.29) is 39.4 Å². The lowest BCUT2D eigenvalue weighted by Crippen LogP contribution is -2.67. The SMILES string of the molecule is C[C@@H]1O[C@@H](O[C@@H]2[C@@H](O)[C@H](O[C@H]3CC[C@@]4(C)C(CC[C@]5(C)C4CC=C4C6CC(C)(C)CC[C@]6(C(=O)O[C@@H]6O[C@H](CO)[C@@H](O)[C@H](O)[C@H]6O)CC[C@]45C)C3(C)C)O[C@H](C(=O)O)[C@H]2O)[C@H](O[C@@H]2O[C@H](CO)[C@@H](O)[C@H](O)[C@H]2O)[C@H](O)[C@H]1O. The Hall–Kier alpha value is -2.08. The molecular formula is C54H86O23. The van der Waals surface area contributed by atoms with Crippen LogP contribution in [0.2, 0.25) is 0 Å². The zero-order chi connectivity index (χ0) is 56.4. The Kier molecular flexibility index (Phi) is 16.5. The summed E-state index contributed by atoms with van der Waals surface area (Å²) in [5.74, 6) is -2.09. The minimum atomic E-state index is -2.06. The molecule has 28 atom stereocenters. The van der Waals surface area contributed by atoms with Gasteiger partial charge in [-0.2, -0.15) is 0 Å². The van der Waals surface area contributed by atoms with Gasteiger partial charge in [-0.1, -0.05) is 60.1 Å². The number of hydrogen-bond acceptors (Lipinski definition) is 22. The number of aliphatic hydroxyl groups excluding tert-OH is 12. The lowest BCUT2D eigenvalue weighted by atomic mass is 9.33. The van der Waals surface area contributed by atoms with Gasteiger partial charge in [0.2, 0.25) is 6.29 Å². The molecule has 9 aliphatic rings. The number of carboxylic acid groups (broad SMARTS) is 1. The van der Waals surface area contributed by atoms with E-state index in [9.17, 15) is 76.0 Å². The number of carboxylic acids is 1. The van der Waals surface area contributed by atoms with Gasteiger partial charge in [0, 0.05) is 0 Å². The fourth-order valence-corrected chi connectivity index (χ4v) is 16.4. The van der Waals surface area contributed by atoms with Crippen LogP contribution in [-0.4, -0.2) is 220 Å². The van der Waals surface area contributed by atoms with Crippen molar-refractivity contribution in [3.05, 3.63) is 11.6 Å². The van der Waals surface area contributed by atoms with E-state index in [1.54, 1.807) is 0 Å². The molecule has 8 fully saturated rings. The van der Waals surface area contributed by atoms with Crippen LogP contribution in [0.25, 0.3) is 0 Å². The summed E-state index contributed by atoms with van der Waals surface area (Å²) in [6, 6.07) is 0. The Bertz CT molecular complexity index is 2180. The molecule has 4 saturated heterocycles. The average Bonchev–Trinajstić information content (AvgIpc) is 3.44. The van der Waals surface area contributed by atoms with E-state index in [2.05, 4.69) is 54.5 Å². The van der Waals surface area contributed by atoms with Crippen molar-refractivity contribution in [3.63, 3.8) is 0 Å². The molecule has 0 bridgehead atoms. The molecular weight excluding hydrogens is 1020 g/mol. The van der Waals surface area contributed by atoms with Gasteiger partial charge in [-0.15, -0.1) is 0 Å². The maximum Gasteiger partial charge on any atom is 0.335 e. The summed E-state index contributed by atoms with van der Waals surface area (Å²) in [5, 5.41) is 139. The summed E-state index contributed by atoms with van der Waals surface area (Å²) < 4.78 is 47.5. The van der Waals surface area contributed by atoms with Gasteiger partial charge >= 0.3 is 11.9 Å². The molecule has 4 aliphatic heterocycles. The van der Waals surface area contributed by atoms with Crippen molar-refractivity contribution < 1.29 is 114 Å². The van der Waals surface area contributed by atoms with Crippen LogP contribution >= 0.6 is 0 Å². The van der Waals surface area contributed by atoms with Crippen molar-refractivity contribution in [2.45, 2.75) is 249 Å². The highest BCUT2D eigenvalue weighted by Gasteiger charge is 2.70. The minimum absolute atomic E-state index is 0.0502. The molecule has 0 amide bonds. The second-order valence-electron chi connectivity index (χ2n) is 26.3. The summed E-state index contributed by atoms with van der Waals surface area (Å²) in [6.07, 6.45) is -25.8. The molecule has 3 unspecified atom stereocenters. The van der Waals surface area contributed by atoms with Crippen LogP contribution < -0.4 is 0 Å². The monoisotopic (exact) mass is 1100 g/mol. The van der Waals surface area contributed by atoms with Crippen LogP contribution in [-0.2, 0) is 47.5 Å². The standard InChI is InChI=1S/C54H86O23/c1-22-30(57)35(62)42(76-44-36(63)33(60)31(58)25(20-55)71-44)47(70-22)74-40-38(65)41(43(67)68)75-46(39(40)66)73-29-12-13-51(6)27(50(29,4)5)11-14-53(8)28(51)10-9-23-24-19-49(2,3)15-17-54(24,18-16-52(23,53)7)48(69)77-45-37(64)34(61)32(59)26(21-56)72-45/h9,22,24-42,44-47,55-66H,10-21H2,1-8H3,(H,67,68)/t22-,24?,25+,26+,27?,28?,29-,30-,31+,32+,33-,34-,35+,36+,37+,38-,39+,40-,41-,42+,44-,45-,46+,47-,51-,52+,53+,54-/m0/s1. The van der Waals surface area contributed by atoms with E-state index in [4.69, 9.17) is 37.9 Å². The molecule has 0 aromatic rings. The fourth-order valence-electron chi connectivity index (χ4n) is 16.4. The number of fused-ring (bicyclic) bond motifs is 7. The first-order valence-corrected chi connectivity index (χ1v) is 27.7. The molecule has 0 aromatic heterocycles. The predicted molar refractivity (Wildman–Crippen MR) is 262 cm³/mol. The zero-order valence-corrected chi connectivity index (χ0v) is 45.3. The van der Waals surface area contributed by atoms with Crippen LogP contribution in [0.15, 0.2) is 11.6 Å². The molecule has 23 heteroatoms. The minimum Gasteiger partial charge on any atom is -0.479 e. The fraction of sp³-hybridized carbons (Fsp3) is 0.926. The van der Waals surface area contributed by atoms with Gasteiger partial charge in [0.25, 0.3) is 0 Å². The van der Waals surface area contributed by atoms with E-state index >= 15 is 0 Å². The Balaban J connectivity index is 0.940. The first-order valence-electron chi connectivity index (χ1n) is 27.7.